The summed E-state index contributed by atoms with van der Waals surface area (Å²) in [4.78, 5) is 24.9. The molecule has 2 heterocycles. The number of aryl methyl sites for hydroxylation is 2. The largest absolute Gasteiger partial charge is 0.328 e. The maximum atomic E-state index is 12.4. The Hall–Kier alpha value is -2.81. The average Bonchev–Trinajstić information content (AvgIpc) is 3.10. The first-order valence-corrected chi connectivity index (χ1v) is 8.76. The molecule has 0 saturated heterocycles. The molecule has 0 fully saturated rings. The van der Waals surface area contributed by atoms with Gasteiger partial charge in [0.25, 0.3) is 5.95 Å². The molecule has 2 aromatic heterocycles. The molecular formula is C17H18BrN7O. The normalized spacial score (nSPS) is 11.8. The minimum atomic E-state index is -0.393. The van der Waals surface area contributed by atoms with Crippen molar-refractivity contribution >= 4 is 27.6 Å². The van der Waals surface area contributed by atoms with E-state index in [-0.39, 0.29) is 6.03 Å². The number of hydrogen-bond donors (Lipinski definition) is 2. The summed E-state index contributed by atoms with van der Waals surface area (Å²) in [6.07, 6.45) is 4.65. The van der Waals surface area contributed by atoms with Gasteiger partial charge in [-0.2, -0.15) is 9.78 Å². The maximum absolute atomic E-state index is 12.4. The van der Waals surface area contributed by atoms with Crippen molar-refractivity contribution in [3.63, 3.8) is 0 Å². The summed E-state index contributed by atoms with van der Waals surface area (Å²) in [7, 11) is 0. The maximum Gasteiger partial charge on any atom is 0.319 e. The number of carbonyl (C=O) groups is 1. The summed E-state index contributed by atoms with van der Waals surface area (Å²) in [5.41, 5.74) is 2.83. The van der Waals surface area contributed by atoms with Crippen LogP contribution in [0.5, 0.6) is 0 Å². The number of nitrogens with one attached hydrogen (secondary N) is 2. The highest BCUT2D eigenvalue weighted by molar-refractivity contribution is 9.10. The SMILES string of the molecule is Cc1cc(C)c(NC(=O)N[C@@H](C)c2ncnn2-c2ncccn2)cc1Br. The van der Waals surface area contributed by atoms with E-state index >= 15 is 0 Å². The zero-order chi connectivity index (χ0) is 18.7. The molecule has 0 unspecified atom stereocenters. The van der Waals surface area contributed by atoms with Gasteiger partial charge in [0.15, 0.2) is 5.82 Å². The smallest absolute Gasteiger partial charge is 0.319 e. The number of rotatable bonds is 4. The minimum Gasteiger partial charge on any atom is -0.328 e. The molecule has 9 heteroatoms. The Morgan fingerprint density at radius 2 is 1.88 bits per heavy atom. The first-order valence-electron chi connectivity index (χ1n) is 7.97. The van der Waals surface area contributed by atoms with Crippen LogP contribution in [0.4, 0.5) is 10.5 Å². The summed E-state index contributed by atoms with van der Waals surface area (Å²) in [6, 6.07) is 4.88. The third-order valence-corrected chi connectivity index (χ3v) is 4.66. The molecule has 1 aromatic carbocycles. The Morgan fingerprint density at radius 1 is 1.15 bits per heavy atom. The van der Waals surface area contributed by atoms with Crippen molar-refractivity contribution in [1.29, 1.82) is 0 Å². The molecule has 8 nitrogen and oxygen atoms in total. The number of urea groups is 1. The van der Waals surface area contributed by atoms with Crippen LogP contribution >= 0.6 is 15.9 Å². The summed E-state index contributed by atoms with van der Waals surface area (Å²) >= 11 is 3.48. The second kappa shape index (κ2) is 7.61. The van der Waals surface area contributed by atoms with Crippen LogP contribution in [-0.4, -0.2) is 30.8 Å². The quantitative estimate of drug-likeness (QED) is 0.680. The molecule has 0 saturated carbocycles. The molecule has 3 aromatic rings. The van der Waals surface area contributed by atoms with Gasteiger partial charge in [0.1, 0.15) is 6.33 Å². The van der Waals surface area contributed by atoms with E-state index in [9.17, 15) is 4.79 Å². The predicted octanol–water partition coefficient (Wildman–Crippen LogP) is 3.32. The monoisotopic (exact) mass is 415 g/mol. The topological polar surface area (TPSA) is 97.6 Å². The van der Waals surface area contributed by atoms with Crippen molar-refractivity contribution in [1.82, 2.24) is 30.0 Å². The lowest BCUT2D eigenvalue weighted by Crippen LogP contribution is -2.33. The zero-order valence-electron chi connectivity index (χ0n) is 14.6. The van der Waals surface area contributed by atoms with E-state index in [2.05, 4.69) is 46.6 Å². The third-order valence-electron chi connectivity index (χ3n) is 3.80. The lowest BCUT2D eigenvalue weighted by atomic mass is 10.1. The highest BCUT2D eigenvalue weighted by atomic mass is 79.9. The molecular weight excluding hydrogens is 398 g/mol. The Balaban J connectivity index is 1.73. The van der Waals surface area contributed by atoms with Crippen LogP contribution in [0, 0.1) is 13.8 Å². The average molecular weight is 416 g/mol. The molecule has 3 rings (SSSR count). The molecule has 2 N–H and O–H groups in total. The van der Waals surface area contributed by atoms with E-state index in [1.54, 1.807) is 18.5 Å². The van der Waals surface area contributed by atoms with Gasteiger partial charge < -0.3 is 10.6 Å². The molecule has 2 amide bonds. The number of hydrogen-bond acceptors (Lipinski definition) is 5. The van der Waals surface area contributed by atoms with Gasteiger partial charge in [-0.15, -0.1) is 0 Å². The Labute approximate surface area is 159 Å². The van der Waals surface area contributed by atoms with Crippen LogP contribution in [0.15, 0.2) is 41.4 Å². The van der Waals surface area contributed by atoms with Gasteiger partial charge in [-0.05, 0) is 44.0 Å². The van der Waals surface area contributed by atoms with Crippen LogP contribution in [0.2, 0.25) is 0 Å². The van der Waals surface area contributed by atoms with Gasteiger partial charge in [0.2, 0.25) is 0 Å². The van der Waals surface area contributed by atoms with Crippen molar-refractivity contribution in [3.8, 4) is 5.95 Å². The number of amides is 2. The van der Waals surface area contributed by atoms with E-state index in [1.165, 1.54) is 11.0 Å². The summed E-state index contributed by atoms with van der Waals surface area (Å²) in [6.45, 7) is 5.77. The summed E-state index contributed by atoms with van der Waals surface area (Å²) in [5.74, 6) is 0.931. The molecule has 0 radical (unpaired) electrons. The van der Waals surface area contributed by atoms with Crippen LogP contribution in [-0.2, 0) is 0 Å². The Bertz CT molecular complexity index is 926. The number of nitrogens with zero attached hydrogens (tertiary/aromatic N) is 5. The fourth-order valence-corrected chi connectivity index (χ4v) is 2.82. The van der Waals surface area contributed by atoms with Crippen LogP contribution in [0.25, 0.3) is 5.95 Å². The van der Waals surface area contributed by atoms with Crippen molar-refractivity contribution in [2.45, 2.75) is 26.8 Å². The molecule has 0 bridgehead atoms. The van der Waals surface area contributed by atoms with E-state index in [0.717, 1.165) is 21.3 Å². The summed E-state index contributed by atoms with van der Waals surface area (Å²) < 4.78 is 2.44. The minimum absolute atomic E-state index is 0.333. The predicted molar refractivity (Wildman–Crippen MR) is 101 cm³/mol. The van der Waals surface area contributed by atoms with Crippen molar-refractivity contribution < 1.29 is 4.79 Å². The Kier molecular flexibility index (Phi) is 5.27. The highest BCUT2D eigenvalue weighted by Crippen LogP contribution is 2.25. The number of anilines is 1. The van der Waals surface area contributed by atoms with E-state index < -0.39 is 6.04 Å². The fourth-order valence-electron chi connectivity index (χ4n) is 2.48. The van der Waals surface area contributed by atoms with Gasteiger partial charge >= 0.3 is 6.03 Å². The van der Waals surface area contributed by atoms with Crippen molar-refractivity contribution in [2.75, 3.05) is 5.32 Å². The van der Waals surface area contributed by atoms with Crippen molar-refractivity contribution in [2.24, 2.45) is 0 Å². The second-order valence-corrected chi connectivity index (χ2v) is 6.67. The lowest BCUT2D eigenvalue weighted by molar-refractivity contribution is 0.248. The standard InChI is InChI=1S/C17H18BrN7O/c1-10-7-11(2)14(8-13(10)18)24-17(26)23-12(3)15-21-9-22-25(15)16-19-5-4-6-20-16/h4-9,12H,1-3H3,(H2,23,24,26)/t12-/m0/s1. The van der Waals surface area contributed by atoms with E-state index in [1.807, 2.05) is 32.9 Å². The van der Waals surface area contributed by atoms with Gasteiger partial charge in [0.05, 0.1) is 6.04 Å². The first kappa shape index (κ1) is 18.0. The molecule has 0 aliphatic heterocycles. The molecule has 1 atom stereocenters. The summed E-state index contributed by atoms with van der Waals surface area (Å²) in [5, 5.41) is 9.86. The number of aromatic nitrogens is 5. The molecule has 0 spiro atoms. The van der Waals surface area contributed by atoms with Gasteiger partial charge in [-0.3, -0.25) is 0 Å². The second-order valence-electron chi connectivity index (χ2n) is 5.82. The number of carbonyl (C=O) groups excluding carboxylic acids is 1. The van der Waals surface area contributed by atoms with Crippen LogP contribution in [0.1, 0.15) is 29.9 Å². The number of benzene rings is 1. The van der Waals surface area contributed by atoms with Crippen LogP contribution in [0.3, 0.4) is 0 Å². The van der Waals surface area contributed by atoms with Crippen molar-refractivity contribution in [3.05, 3.63) is 58.3 Å². The lowest BCUT2D eigenvalue weighted by Gasteiger charge is -2.16. The molecule has 0 aliphatic carbocycles. The van der Waals surface area contributed by atoms with Gasteiger partial charge in [0, 0.05) is 22.6 Å². The van der Waals surface area contributed by atoms with Gasteiger partial charge in [-0.25, -0.2) is 19.7 Å². The number of halogens is 1. The third kappa shape index (κ3) is 3.88. The zero-order valence-corrected chi connectivity index (χ0v) is 16.1. The first-order chi connectivity index (χ1) is 12.5. The van der Waals surface area contributed by atoms with E-state index in [0.29, 0.717) is 11.8 Å². The Morgan fingerprint density at radius 3 is 2.62 bits per heavy atom. The fraction of sp³-hybridized carbons (Fsp3) is 0.235. The highest BCUT2D eigenvalue weighted by Gasteiger charge is 2.18. The van der Waals surface area contributed by atoms with Crippen LogP contribution < -0.4 is 10.6 Å². The van der Waals surface area contributed by atoms with Gasteiger partial charge in [-0.1, -0.05) is 22.0 Å². The van der Waals surface area contributed by atoms with E-state index in [4.69, 9.17) is 0 Å². The molecule has 0 aliphatic rings. The molecule has 26 heavy (non-hydrogen) atoms. The molecule has 134 valence electrons.